The molecule has 0 unspecified atom stereocenters. The van der Waals surface area contributed by atoms with E-state index in [0.29, 0.717) is 21.8 Å². The Hall–Kier alpha value is 0.700. The topological polar surface area (TPSA) is 0 Å². The summed E-state index contributed by atoms with van der Waals surface area (Å²) >= 11 is 0. The van der Waals surface area contributed by atoms with Crippen molar-refractivity contribution < 1.29 is 0 Å². The van der Waals surface area contributed by atoms with Crippen molar-refractivity contribution in [3.05, 3.63) is 0 Å². The normalized spacial score (nSPS) is 18.0. The minimum atomic E-state index is 0.596. The molecule has 0 aliphatic carbocycles. The third kappa shape index (κ3) is 3.20. The van der Waals surface area contributed by atoms with Gasteiger partial charge in [-0.15, -0.1) is 0 Å². The van der Waals surface area contributed by atoms with Crippen molar-refractivity contribution in [2.24, 2.45) is 0 Å². The summed E-state index contributed by atoms with van der Waals surface area (Å²) in [5, 5.41) is 1.80. The van der Waals surface area contributed by atoms with Gasteiger partial charge < -0.3 is 0 Å². The highest BCUT2D eigenvalue weighted by Crippen LogP contribution is 2.11. The average Bonchev–Trinajstić information content (AvgIpc) is 1.84. The molecule has 0 aromatic rings. The third-order valence-electron chi connectivity index (χ3n) is 2.15. The highest BCUT2D eigenvalue weighted by molar-refractivity contribution is 7.99. The summed E-state index contributed by atoms with van der Waals surface area (Å²) in [5.41, 5.74) is 0. The fraction of sp³-hybridized carbons (Fsp3) is 1.00. The Morgan fingerprint density at radius 3 is 1.00 bits per heavy atom. The number of hydrogen-bond acceptors (Lipinski definition) is 0. The Morgan fingerprint density at radius 1 is 0.700 bits per heavy atom. The van der Waals surface area contributed by atoms with Crippen molar-refractivity contribution in [1.82, 2.24) is 0 Å². The molecular weight excluding hydrogens is 160 g/mol. The van der Waals surface area contributed by atoms with E-state index in [1.54, 1.807) is 0 Å². The van der Waals surface area contributed by atoms with E-state index in [1.165, 1.54) is 0 Å². The fourth-order valence-corrected chi connectivity index (χ4v) is 3.63. The van der Waals surface area contributed by atoms with Crippen LogP contribution in [0.5, 0.6) is 0 Å². The summed E-state index contributed by atoms with van der Waals surface area (Å²) in [6.45, 7) is 4.75. The second-order valence-electron chi connectivity index (χ2n) is 3.17. The van der Waals surface area contributed by atoms with E-state index in [1.807, 2.05) is 0 Å². The summed E-state index contributed by atoms with van der Waals surface area (Å²) in [4.78, 5) is 0. The fourth-order valence-electron chi connectivity index (χ4n) is 0.767. The Bertz CT molecular complexity index is 77.3. The SMILES string of the molecule is C[C@H]([C@H](C)[S+](C)C)[S+](C)C. The van der Waals surface area contributed by atoms with Crippen LogP contribution in [-0.4, -0.2) is 35.5 Å². The van der Waals surface area contributed by atoms with Gasteiger partial charge >= 0.3 is 0 Å². The zero-order valence-electron chi connectivity index (χ0n) is 7.97. The van der Waals surface area contributed by atoms with Crippen LogP contribution < -0.4 is 0 Å². The molecule has 0 saturated carbocycles. The lowest BCUT2D eigenvalue weighted by atomic mass is 10.4. The predicted molar refractivity (Wildman–Crippen MR) is 57.4 cm³/mol. The molecule has 2 atom stereocenters. The van der Waals surface area contributed by atoms with Crippen molar-refractivity contribution in [3.63, 3.8) is 0 Å². The minimum Gasteiger partial charge on any atom is -0.0119 e. The summed E-state index contributed by atoms with van der Waals surface area (Å²) < 4.78 is 0. The zero-order chi connectivity index (χ0) is 8.31. The Morgan fingerprint density at radius 2 is 0.900 bits per heavy atom. The molecule has 0 bridgehead atoms. The molecule has 2 heteroatoms. The first-order valence-corrected chi connectivity index (χ1v) is 7.80. The summed E-state index contributed by atoms with van der Waals surface area (Å²) in [6.07, 6.45) is 9.37. The van der Waals surface area contributed by atoms with Crippen LogP contribution in [0.15, 0.2) is 0 Å². The molecular formula is C8H20S2+2. The van der Waals surface area contributed by atoms with Gasteiger partial charge in [-0.3, -0.25) is 0 Å². The van der Waals surface area contributed by atoms with Crippen LogP contribution in [0.4, 0.5) is 0 Å². The van der Waals surface area contributed by atoms with Crippen LogP contribution in [0.2, 0.25) is 0 Å². The van der Waals surface area contributed by atoms with E-state index in [0.717, 1.165) is 10.5 Å². The molecule has 10 heavy (non-hydrogen) atoms. The highest BCUT2D eigenvalue weighted by Gasteiger charge is 2.31. The molecule has 0 aliphatic heterocycles. The highest BCUT2D eigenvalue weighted by atomic mass is 32.2. The molecule has 0 N–H and O–H groups in total. The molecule has 0 spiro atoms. The summed E-state index contributed by atoms with van der Waals surface area (Å²) in [5.74, 6) is 0. The van der Waals surface area contributed by atoms with Gasteiger partial charge in [-0.1, -0.05) is 0 Å². The maximum absolute atomic E-state index is 2.38. The van der Waals surface area contributed by atoms with Crippen molar-refractivity contribution in [2.75, 3.05) is 25.0 Å². The van der Waals surface area contributed by atoms with E-state index in [-0.39, 0.29) is 0 Å². The first-order chi connectivity index (χ1) is 4.46. The molecule has 0 radical (unpaired) electrons. The van der Waals surface area contributed by atoms with Crippen molar-refractivity contribution in [2.45, 2.75) is 24.3 Å². The van der Waals surface area contributed by atoms with E-state index < -0.39 is 0 Å². The van der Waals surface area contributed by atoms with E-state index in [9.17, 15) is 0 Å². The van der Waals surface area contributed by atoms with Gasteiger partial charge in [0.1, 0.15) is 0 Å². The summed E-state index contributed by atoms with van der Waals surface area (Å²) in [6, 6.07) is 0. The van der Waals surface area contributed by atoms with Gasteiger partial charge in [0.2, 0.25) is 0 Å². The Labute approximate surface area is 71.5 Å². The van der Waals surface area contributed by atoms with Crippen molar-refractivity contribution >= 4 is 21.8 Å². The van der Waals surface area contributed by atoms with Crippen LogP contribution in [0, 0.1) is 0 Å². The number of hydrogen-bond donors (Lipinski definition) is 0. The van der Waals surface area contributed by atoms with E-state index >= 15 is 0 Å². The Kier molecular flexibility index (Phi) is 4.87. The lowest BCUT2D eigenvalue weighted by Crippen LogP contribution is -2.33. The monoisotopic (exact) mass is 180 g/mol. The van der Waals surface area contributed by atoms with Crippen LogP contribution in [0.25, 0.3) is 0 Å². The van der Waals surface area contributed by atoms with Crippen LogP contribution in [0.3, 0.4) is 0 Å². The maximum atomic E-state index is 2.38. The first kappa shape index (κ1) is 10.7. The molecule has 62 valence electrons. The molecule has 0 heterocycles. The predicted octanol–water partition coefficient (Wildman–Crippen LogP) is 1.52. The van der Waals surface area contributed by atoms with E-state index in [4.69, 9.17) is 0 Å². The zero-order valence-corrected chi connectivity index (χ0v) is 9.60. The average molecular weight is 180 g/mol. The van der Waals surface area contributed by atoms with Crippen LogP contribution in [0.1, 0.15) is 13.8 Å². The lowest BCUT2D eigenvalue weighted by Gasteiger charge is -2.13. The quantitative estimate of drug-likeness (QED) is 0.578. The van der Waals surface area contributed by atoms with Crippen LogP contribution in [-0.2, 0) is 21.8 Å². The second kappa shape index (κ2) is 4.55. The van der Waals surface area contributed by atoms with Gasteiger partial charge in [0.05, 0.1) is 25.0 Å². The largest absolute Gasteiger partial charge is 0.161 e. The standard InChI is InChI=1S/C8H20S2/c1-7(9(3)4)8(2)10(5)6/h7-8H,1-6H3/q+2/t7-,8+. The third-order valence-corrected chi connectivity index (χ3v) is 6.11. The van der Waals surface area contributed by atoms with Crippen molar-refractivity contribution in [3.8, 4) is 0 Å². The van der Waals surface area contributed by atoms with Gasteiger partial charge in [-0.05, 0) is 35.6 Å². The van der Waals surface area contributed by atoms with E-state index in [2.05, 4.69) is 38.9 Å². The summed E-state index contributed by atoms with van der Waals surface area (Å²) in [7, 11) is 1.19. The van der Waals surface area contributed by atoms with Gasteiger partial charge in [-0.2, -0.15) is 0 Å². The molecule has 0 amide bonds. The van der Waals surface area contributed by atoms with Gasteiger partial charge in [0.25, 0.3) is 0 Å². The first-order valence-electron chi connectivity index (χ1n) is 3.59. The van der Waals surface area contributed by atoms with Crippen molar-refractivity contribution in [1.29, 1.82) is 0 Å². The molecule has 0 aliphatic rings. The van der Waals surface area contributed by atoms with Crippen LogP contribution >= 0.6 is 0 Å². The molecule has 0 saturated heterocycles. The second-order valence-corrected chi connectivity index (χ2v) is 8.18. The van der Waals surface area contributed by atoms with Gasteiger partial charge in [0.15, 0.2) is 10.5 Å². The Balaban J connectivity index is 3.81. The minimum absolute atomic E-state index is 0.596. The van der Waals surface area contributed by atoms with Gasteiger partial charge in [0, 0.05) is 0 Å². The maximum Gasteiger partial charge on any atom is 0.161 e. The number of rotatable bonds is 3. The molecule has 0 nitrogen and oxygen atoms in total. The molecule has 0 aromatic carbocycles. The molecule has 0 aromatic heterocycles. The lowest BCUT2D eigenvalue weighted by molar-refractivity contribution is 0.916. The molecule has 0 fully saturated rings. The molecule has 0 rings (SSSR count). The smallest absolute Gasteiger partial charge is 0.0119 e. The van der Waals surface area contributed by atoms with Gasteiger partial charge in [-0.25, -0.2) is 0 Å².